The number of carbonyl (C=O) groups is 1. The molecule has 0 aliphatic rings. The van der Waals surface area contributed by atoms with Gasteiger partial charge < -0.3 is 5.32 Å². The third-order valence-corrected chi connectivity index (χ3v) is 6.31. The molecular formula is C18H13Br2N3O3S. The first-order chi connectivity index (χ1) is 12.8. The summed E-state index contributed by atoms with van der Waals surface area (Å²) >= 11 is 6.56. The number of benzene rings is 2. The van der Waals surface area contributed by atoms with Gasteiger partial charge in [-0.25, -0.2) is 13.4 Å². The third kappa shape index (κ3) is 4.94. The average molecular weight is 511 g/mol. The second-order valence-corrected chi connectivity index (χ2v) is 8.85. The van der Waals surface area contributed by atoms with Crippen LogP contribution in [-0.4, -0.2) is 19.3 Å². The molecule has 0 aliphatic carbocycles. The Labute approximate surface area is 173 Å². The van der Waals surface area contributed by atoms with Gasteiger partial charge in [-0.1, -0.05) is 28.1 Å². The maximum Gasteiger partial charge on any atom is 0.264 e. The van der Waals surface area contributed by atoms with Crippen LogP contribution in [0, 0.1) is 0 Å². The van der Waals surface area contributed by atoms with E-state index < -0.39 is 15.9 Å². The van der Waals surface area contributed by atoms with Crippen molar-refractivity contribution in [3.05, 3.63) is 81.4 Å². The first-order valence-corrected chi connectivity index (χ1v) is 10.7. The van der Waals surface area contributed by atoms with Gasteiger partial charge in [-0.2, -0.15) is 0 Å². The van der Waals surface area contributed by atoms with E-state index >= 15 is 0 Å². The van der Waals surface area contributed by atoms with Crippen molar-refractivity contribution in [1.29, 1.82) is 0 Å². The highest BCUT2D eigenvalue weighted by atomic mass is 79.9. The van der Waals surface area contributed by atoms with Crippen molar-refractivity contribution in [3.8, 4) is 0 Å². The maximum atomic E-state index is 12.7. The van der Waals surface area contributed by atoms with Crippen LogP contribution in [0.3, 0.4) is 0 Å². The number of pyridine rings is 1. The monoisotopic (exact) mass is 509 g/mol. The Morgan fingerprint density at radius 2 is 1.78 bits per heavy atom. The molecule has 1 aromatic heterocycles. The number of anilines is 2. The molecule has 0 bridgehead atoms. The number of hydrogen-bond donors (Lipinski definition) is 2. The lowest BCUT2D eigenvalue weighted by atomic mass is 10.2. The predicted molar refractivity (Wildman–Crippen MR) is 111 cm³/mol. The SMILES string of the molecule is O=C(Nc1cccc(Br)c1)c1ccc(Br)c(S(=O)(=O)Nc2ccccn2)c1. The summed E-state index contributed by atoms with van der Waals surface area (Å²) in [5.41, 5.74) is 0.799. The first-order valence-electron chi connectivity index (χ1n) is 7.65. The molecule has 6 nitrogen and oxygen atoms in total. The fourth-order valence-corrected chi connectivity index (χ4v) is 4.63. The first kappa shape index (κ1) is 19.5. The Kier molecular flexibility index (Phi) is 5.93. The van der Waals surface area contributed by atoms with E-state index in [1.807, 2.05) is 6.07 Å². The van der Waals surface area contributed by atoms with Crippen LogP contribution in [0.4, 0.5) is 11.5 Å². The van der Waals surface area contributed by atoms with Crippen LogP contribution in [0.1, 0.15) is 10.4 Å². The zero-order valence-electron chi connectivity index (χ0n) is 13.7. The van der Waals surface area contributed by atoms with Gasteiger partial charge in [0.1, 0.15) is 10.7 Å². The number of sulfonamides is 1. The number of carbonyl (C=O) groups excluding carboxylic acids is 1. The maximum absolute atomic E-state index is 12.7. The van der Waals surface area contributed by atoms with Crippen LogP contribution in [-0.2, 0) is 10.0 Å². The minimum absolute atomic E-state index is 0.0601. The van der Waals surface area contributed by atoms with E-state index in [9.17, 15) is 13.2 Å². The van der Waals surface area contributed by atoms with Gasteiger partial charge in [0, 0.05) is 26.4 Å². The van der Waals surface area contributed by atoms with Crippen molar-refractivity contribution >= 4 is 59.3 Å². The van der Waals surface area contributed by atoms with E-state index in [4.69, 9.17) is 0 Å². The summed E-state index contributed by atoms with van der Waals surface area (Å²) in [5.74, 6) is -0.233. The van der Waals surface area contributed by atoms with Gasteiger partial charge in [-0.05, 0) is 64.5 Å². The molecule has 0 spiro atoms. The number of amides is 1. The molecule has 27 heavy (non-hydrogen) atoms. The Bertz CT molecular complexity index is 1090. The molecule has 2 N–H and O–H groups in total. The topological polar surface area (TPSA) is 88.2 Å². The van der Waals surface area contributed by atoms with Crippen molar-refractivity contribution in [2.45, 2.75) is 4.90 Å². The Balaban J connectivity index is 1.88. The van der Waals surface area contributed by atoms with Gasteiger partial charge in [0.2, 0.25) is 0 Å². The van der Waals surface area contributed by atoms with Crippen molar-refractivity contribution in [2.75, 3.05) is 10.0 Å². The molecular weight excluding hydrogens is 498 g/mol. The van der Waals surface area contributed by atoms with Gasteiger partial charge in [-0.3, -0.25) is 9.52 Å². The van der Waals surface area contributed by atoms with Crippen LogP contribution >= 0.6 is 31.9 Å². The Hall–Kier alpha value is -2.23. The summed E-state index contributed by atoms with van der Waals surface area (Å²) in [6.45, 7) is 0. The summed E-state index contributed by atoms with van der Waals surface area (Å²) in [7, 11) is -3.93. The number of nitrogens with zero attached hydrogens (tertiary/aromatic N) is 1. The highest BCUT2D eigenvalue weighted by molar-refractivity contribution is 9.10. The van der Waals surface area contributed by atoms with Crippen LogP contribution in [0.5, 0.6) is 0 Å². The largest absolute Gasteiger partial charge is 0.322 e. The van der Waals surface area contributed by atoms with Crippen molar-refractivity contribution < 1.29 is 13.2 Å². The fourth-order valence-electron chi connectivity index (χ4n) is 2.24. The fraction of sp³-hybridized carbons (Fsp3) is 0. The summed E-state index contributed by atoms with van der Waals surface area (Å²) in [6, 6.07) is 16.4. The minimum atomic E-state index is -3.93. The second kappa shape index (κ2) is 8.20. The van der Waals surface area contributed by atoms with E-state index in [1.54, 1.807) is 30.3 Å². The molecule has 1 amide bonds. The van der Waals surface area contributed by atoms with Gasteiger partial charge >= 0.3 is 0 Å². The zero-order chi connectivity index (χ0) is 19.4. The molecule has 3 rings (SSSR count). The van der Waals surface area contributed by atoms with Crippen LogP contribution in [0.25, 0.3) is 0 Å². The standard InChI is InChI=1S/C18H13Br2N3O3S/c19-13-4-3-5-14(11-13)22-18(24)12-7-8-15(20)16(10-12)27(25,26)23-17-6-1-2-9-21-17/h1-11H,(H,21,23)(H,22,24). The number of aromatic nitrogens is 1. The summed E-state index contributed by atoms with van der Waals surface area (Å²) in [5, 5.41) is 2.74. The van der Waals surface area contributed by atoms with E-state index in [2.05, 4.69) is 46.9 Å². The van der Waals surface area contributed by atoms with E-state index in [-0.39, 0.29) is 16.3 Å². The molecule has 9 heteroatoms. The molecule has 0 saturated heterocycles. The lowest BCUT2D eigenvalue weighted by molar-refractivity contribution is 0.102. The number of hydrogen-bond acceptors (Lipinski definition) is 4. The molecule has 1 heterocycles. The predicted octanol–water partition coefficient (Wildman–Crippen LogP) is 4.66. The van der Waals surface area contributed by atoms with E-state index in [1.165, 1.54) is 30.5 Å². The van der Waals surface area contributed by atoms with E-state index in [0.29, 0.717) is 10.2 Å². The number of halogens is 2. The quantitative estimate of drug-likeness (QED) is 0.522. The average Bonchev–Trinajstić information content (AvgIpc) is 2.62. The Morgan fingerprint density at radius 1 is 0.963 bits per heavy atom. The van der Waals surface area contributed by atoms with Gasteiger partial charge in [0.15, 0.2) is 0 Å². The summed E-state index contributed by atoms with van der Waals surface area (Å²) in [6.07, 6.45) is 1.48. The van der Waals surface area contributed by atoms with Crippen LogP contribution < -0.4 is 10.0 Å². The van der Waals surface area contributed by atoms with E-state index in [0.717, 1.165) is 4.47 Å². The molecule has 0 saturated carbocycles. The minimum Gasteiger partial charge on any atom is -0.322 e. The lowest BCUT2D eigenvalue weighted by Crippen LogP contribution is -2.17. The third-order valence-electron chi connectivity index (χ3n) is 3.47. The molecule has 0 fully saturated rings. The van der Waals surface area contributed by atoms with Gasteiger partial charge in [-0.15, -0.1) is 0 Å². The van der Waals surface area contributed by atoms with Crippen molar-refractivity contribution in [3.63, 3.8) is 0 Å². The van der Waals surface area contributed by atoms with Gasteiger partial charge in [0.25, 0.3) is 15.9 Å². The highest BCUT2D eigenvalue weighted by Gasteiger charge is 2.20. The van der Waals surface area contributed by atoms with Crippen LogP contribution in [0.2, 0.25) is 0 Å². The molecule has 0 atom stereocenters. The zero-order valence-corrected chi connectivity index (χ0v) is 17.7. The lowest BCUT2D eigenvalue weighted by Gasteiger charge is -2.11. The smallest absolute Gasteiger partial charge is 0.264 e. The highest BCUT2D eigenvalue weighted by Crippen LogP contribution is 2.26. The Morgan fingerprint density at radius 3 is 2.48 bits per heavy atom. The molecule has 3 aromatic rings. The van der Waals surface area contributed by atoms with Crippen molar-refractivity contribution in [2.24, 2.45) is 0 Å². The summed E-state index contributed by atoms with van der Waals surface area (Å²) in [4.78, 5) is 16.4. The van der Waals surface area contributed by atoms with Crippen molar-refractivity contribution in [1.82, 2.24) is 4.98 Å². The molecule has 138 valence electrons. The molecule has 2 aromatic carbocycles. The number of nitrogens with one attached hydrogen (secondary N) is 2. The second-order valence-electron chi connectivity index (χ2n) is 5.43. The van der Waals surface area contributed by atoms with Crippen LogP contribution in [0.15, 0.2) is 80.7 Å². The molecule has 0 radical (unpaired) electrons. The molecule has 0 unspecified atom stereocenters. The number of rotatable bonds is 5. The summed E-state index contributed by atoms with van der Waals surface area (Å²) < 4.78 is 28.9. The van der Waals surface area contributed by atoms with Gasteiger partial charge in [0.05, 0.1) is 0 Å². The normalized spacial score (nSPS) is 11.0. The molecule has 0 aliphatic heterocycles.